The van der Waals surface area contributed by atoms with Crippen LogP contribution in [-0.2, 0) is 21.7 Å². The summed E-state index contributed by atoms with van der Waals surface area (Å²) in [5, 5.41) is 9.14. The Morgan fingerprint density at radius 1 is 0.898 bits per heavy atom. The van der Waals surface area contributed by atoms with E-state index in [1.165, 1.54) is 63.9 Å². The molecule has 0 aliphatic carbocycles. The van der Waals surface area contributed by atoms with Crippen molar-refractivity contribution in [1.29, 1.82) is 0 Å². The van der Waals surface area contributed by atoms with E-state index in [0.717, 1.165) is 36.7 Å². The van der Waals surface area contributed by atoms with Gasteiger partial charge in [0.15, 0.2) is 0 Å². The third-order valence-electron chi connectivity index (χ3n) is 10.9. The monoisotopic (exact) mass is 843 g/mol. The molecule has 2 aromatic carbocycles. The molecule has 0 saturated carbocycles. The van der Waals surface area contributed by atoms with Gasteiger partial charge in [-0.05, 0) is 36.7 Å². The van der Waals surface area contributed by atoms with Crippen LogP contribution < -0.4 is 10.1 Å². The molecule has 1 N–H and O–H groups in total. The summed E-state index contributed by atoms with van der Waals surface area (Å²) in [6.07, 6.45) is 18.5. The maximum Gasteiger partial charge on any atom is 0.233 e. The van der Waals surface area contributed by atoms with Crippen molar-refractivity contribution in [3.63, 3.8) is 0 Å². The SMILES string of the molecule is CCCCCCCCCCCCCCC(C(=O)Nc1cc(C(C)(C)C)nn1-c1ccccc1)c1ccc(Oc2ccnc3c2c(Cl)cn3COCC[Si](C)(C)C)cc1F. The van der Waals surface area contributed by atoms with Crippen LogP contribution in [0.2, 0.25) is 30.7 Å². The second-order valence-electron chi connectivity index (χ2n) is 18.2. The van der Waals surface area contributed by atoms with Gasteiger partial charge >= 0.3 is 0 Å². The Bertz CT molecular complexity index is 2070. The molecule has 1 unspecified atom stereocenters. The fourth-order valence-corrected chi connectivity index (χ4v) is 8.33. The van der Waals surface area contributed by atoms with Gasteiger partial charge in [-0.25, -0.2) is 14.1 Å². The number of unbranched alkanes of at least 4 members (excludes halogenated alkanes) is 11. The molecule has 8 nitrogen and oxygen atoms in total. The largest absolute Gasteiger partial charge is 0.456 e. The van der Waals surface area contributed by atoms with Gasteiger partial charge in [0.2, 0.25) is 5.91 Å². The number of hydrogen-bond acceptors (Lipinski definition) is 5. The summed E-state index contributed by atoms with van der Waals surface area (Å²) in [4.78, 5) is 18.9. The molecular weight excluding hydrogens is 777 g/mol. The van der Waals surface area contributed by atoms with Crippen LogP contribution in [0.3, 0.4) is 0 Å². The number of ether oxygens (including phenoxy) is 2. The number of benzene rings is 2. The highest BCUT2D eigenvalue weighted by molar-refractivity contribution is 6.76. The van der Waals surface area contributed by atoms with Crippen molar-refractivity contribution in [2.45, 2.75) is 155 Å². The smallest absolute Gasteiger partial charge is 0.233 e. The molecule has 0 aliphatic heterocycles. The first-order valence-corrected chi connectivity index (χ1v) is 26.0. The molecule has 5 rings (SSSR count). The second-order valence-corrected chi connectivity index (χ2v) is 24.2. The fourth-order valence-electron chi connectivity index (χ4n) is 7.28. The van der Waals surface area contributed by atoms with Gasteiger partial charge in [0.25, 0.3) is 0 Å². The number of carbonyl (C=O) groups is 1. The number of hydrogen-bond donors (Lipinski definition) is 1. The molecule has 0 bridgehead atoms. The average Bonchev–Trinajstić information content (AvgIpc) is 3.77. The molecule has 59 heavy (non-hydrogen) atoms. The lowest BCUT2D eigenvalue weighted by atomic mass is 9.91. The third-order valence-corrected chi connectivity index (χ3v) is 12.9. The minimum absolute atomic E-state index is 0.246. The van der Waals surface area contributed by atoms with Gasteiger partial charge in [-0.1, -0.05) is 160 Å². The Kier molecular flexibility index (Phi) is 17.2. The van der Waals surface area contributed by atoms with E-state index in [1.807, 2.05) is 41.0 Å². The molecule has 3 aromatic heterocycles. The third kappa shape index (κ3) is 13.8. The number of pyridine rings is 1. The molecule has 3 heterocycles. The molecular formula is C48H67ClFN5O3Si. The number of halogens is 2. The van der Waals surface area contributed by atoms with E-state index in [9.17, 15) is 4.79 Å². The minimum atomic E-state index is -1.23. The number of rotatable bonds is 24. The van der Waals surface area contributed by atoms with E-state index in [1.54, 1.807) is 35.3 Å². The molecule has 0 fully saturated rings. The van der Waals surface area contributed by atoms with Crippen molar-refractivity contribution in [1.82, 2.24) is 19.3 Å². The first-order chi connectivity index (χ1) is 28.2. The van der Waals surface area contributed by atoms with E-state index >= 15 is 4.39 Å². The van der Waals surface area contributed by atoms with Gasteiger partial charge in [0.1, 0.15) is 35.5 Å². The van der Waals surface area contributed by atoms with Crippen LogP contribution in [0.5, 0.6) is 11.5 Å². The molecule has 1 atom stereocenters. The lowest BCUT2D eigenvalue weighted by Crippen LogP contribution is -2.23. The zero-order chi connectivity index (χ0) is 42.4. The van der Waals surface area contributed by atoms with Gasteiger partial charge in [0.05, 0.1) is 27.7 Å². The van der Waals surface area contributed by atoms with Crippen molar-refractivity contribution >= 4 is 42.4 Å². The Hall–Kier alpha value is -3.99. The van der Waals surface area contributed by atoms with E-state index in [4.69, 9.17) is 26.2 Å². The number of carbonyl (C=O) groups excluding carboxylic acids is 1. The summed E-state index contributed by atoms with van der Waals surface area (Å²) in [5.41, 5.74) is 2.39. The summed E-state index contributed by atoms with van der Waals surface area (Å²) in [6.45, 7) is 16.5. The van der Waals surface area contributed by atoms with E-state index in [-0.39, 0.29) is 11.3 Å². The summed E-state index contributed by atoms with van der Waals surface area (Å²) in [5.74, 6) is -0.176. The fraction of sp³-hybridized carbons (Fsp3) is 0.521. The van der Waals surface area contributed by atoms with Crippen molar-refractivity contribution in [2.24, 2.45) is 0 Å². The molecule has 0 spiro atoms. The lowest BCUT2D eigenvalue weighted by Gasteiger charge is -2.19. The Balaban J connectivity index is 1.32. The molecule has 320 valence electrons. The van der Waals surface area contributed by atoms with Gasteiger partial charge in [-0.2, -0.15) is 5.10 Å². The van der Waals surface area contributed by atoms with Crippen LogP contribution in [0.15, 0.2) is 73.1 Å². The standard InChI is InChI=1S/C48H67ClFN5O3Si/c1-8-9-10-11-12-13-14-15-16-17-18-22-25-39(47(56)52-44-33-43(48(2,3)4)53-55(44)36-23-20-19-21-24-36)38-27-26-37(32-41(38)50)58-42-28-29-51-46-45(42)40(49)34-54(46)35-57-30-31-59(5,6)7/h19-21,23-24,26-29,32-34,39H,8-18,22,25,30-31,35H2,1-7H3,(H,52,56). The van der Waals surface area contributed by atoms with Crippen LogP contribution in [-0.4, -0.2) is 39.9 Å². The van der Waals surface area contributed by atoms with Gasteiger partial charge in [0, 0.05) is 50.2 Å². The molecule has 0 radical (unpaired) electrons. The summed E-state index contributed by atoms with van der Waals surface area (Å²) >= 11 is 6.72. The van der Waals surface area contributed by atoms with E-state index in [2.05, 4.69) is 57.6 Å². The van der Waals surface area contributed by atoms with Gasteiger partial charge < -0.3 is 19.4 Å². The van der Waals surface area contributed by atoms with Crippen LogP contribution in [0.4, 0.5) is 10.2 Å². The molecule has 0 aliphatic rings. The number of amides is 1. The Morgan fingerprint density at radius 2 is 1.56 bits per heavy atom. The van der Waals surface area contributed by atoms with Crippen LogP contribution >= 0.6 is 11.6 Å². The summed E-state index contributed by atoms with van der Waals surface area (Å²) < 4.78 is 32.3. The number of anilines is 1. The van der Waals surface area contributed by atoms with Crippen molar-refractivity contribution in [3.05, 3.63) is 95.2 Å². The van der Waals surface area contributed by atoms with E-state index in [0.29, 0.717) is 58.7 Å². The summed E-state index contributed by atoms with van der Waals surface area (Å²) in [7, 11) is -1.23. The number of fused-ring (bicyclic) bond motifs is 1. The molecule has 11 heteroatoms. The average molecular weight is 845 g/mol. The zero-order valence-electron chi connectivity index (χ0n) is 36.6. The Labute approximate surface area is 358 Å². The lowest BCUT2D eigenvalue weighted by molar-refractivity contribution is -0.117. The highest BCUT2D eigenvalue weighted by Crippen LogP contribution is 2.37. The predicted molar refractivity (Wildman–Crippen MR) is 245 cm³/mol. The quantitative estimate of drug-likeness (QED) is 0.0494. The minimum Gasteiger partial charge on any atom is -0.456 e. The van der Waals surface area contributed by atoms with Crippen LogP contribution in [0.1, 0.15) is 128 Å². The second kappa shape index (κ2) is 22.0. The zero-order valence-corrected chi connectivity index (χ0v) is 38.3. The highest BCUT2D eigenvalue weighted by Gasteiger charge is 2.28. The molecule has 5 aromatic rings. The number of nitrogens with zero attached hydrogens (tertiary/aromatic N) is 4. The molecule has 0 saturated heterocycles. The molecule has 1 amide bonds. The van der Waals surface area contributed by atoms with E-state index < -0.39 is 19.8 Å². The maximum atomic E-state index is 16.4. The normalized spacial score (nSPS) is 12.6. The van der Waals surface area contributed by atoms with Gasteiger partial charge in [-0.3, -0.25) is 4.79 Å². The summed E-state index contributed by atoms with van der Waals surface area (Å²) in [6, 6.07) is 19.2. The first kappa shape index (κ1) is 46.1. The van der Waals surface area contributed by atoms with Crippen LogP contribution in [0.25, 0.3) is 16.7 Å². The van der Waals surface area contributed by atoms with Crippen molar-refractivity contribution in [2.75, 3.05) is 11.9 Å². The van der Waals surface area contributed by atoms with Crippen molar-refractivity contribution in [3.8, 4) is 17.2 Å². The first-order valence-electron chi connectivity index (χ1n) is 21.9. The topological polar surface area (TPSA) is 83.2 Å². The maximum absolute atomic E-state index is 16.4. The number of para-hydroxylation sites is 1. The number of nitrogens with one attached hydrogen (secondary N) is 1. The van der Waals surface area contributed by atoms with Gasteiger partial charge in [-0.15, -0.1) is 0 Å². The van der Waals surface area contributed by atoms with Crippen LogP contribution in [0, 0.1) is 5.82 Å². The van der Waals surface area contributed by atoms with Crippen molar-refractivity contribution < 1.29 is 18.7 Å². The predicted octanol–water partition coefficient (Wildman–Crippen LogP) is 14.2. The highest BCUT2D eigenvalue weighted by atomic mass is 35.5. The Morgan fingerprint density at radius 3 is 2.19 bits per heavy atom. The number of aromatic nitrogens is 4.